The van der Waals surface area contributed by atoms with Gasteiger partial charge >= 0.3 is 5.97 Å². The zero-order valence-corrected chi connectivity index (χ0v) is 25.7. The number of nitrogens with two attached hydrogens (primary N) is 1. The number of likely N-dealkylation sites (tertiary alicyclic amines) is 1. The summed E-state index contributed by atoms with van der Waals surface area (Å²) in [5, 5.41) is 5.84. The van der Waals surface area contributed by atoms with Crippen molar-refractivity contribution in [3.05, 3.63) is 65.9 Å². The summed E-state index contributed by atoms with van der Waals surface area (Å²) in [6.07, 6.45) is 2.39. The molecule has 1 aromatic heterocycles. The summed E-state index contributed by atoms with van der Waals surface area (Å²) in [5.74, 6) is -2.34. The van der Waals surface area contributed by atoms with Crippen LogP contribution in [-0.2, 0) is 39.9 Å². The third-order valence-electron chi connectivity index (χ3n) is 8.68. The first-order valence-electron chi connectivity index (χ1n) is 14.4. The first kappa shape index (κ1) is 30.6. The molecule has 230 valence electrons. The second-order valence-electron chi connectivity index (χ2n) is 12.2. The molecule has 2 atom stereocenters. The minimum Gasteiger partial charge on any atom is -0.465 e. The van der Waals surface area contributed by atoms with Crippen molar-refractivity contribution in [1.82, 2.24) is 15.2 Å². The van der Waals surface area contributed by atoms with E-state index in [9.17, 15) is 22.8 Å². The molecule has 0 bridgehead atoms. The van der Waals surface area contributed by atoms with Gasteiger partial charge in [-0.15, -0.1) is 0 Å². The number of rotatable bonds is 8. The Morgan fingerprint density at radius 1 is 1.07 bits per heavy atom. The molecule has 1 spiro atoms. The van der Waals surface area contributed by atoms with E-state index in [-0.39, 0.29) is 25.6 Å². The molecule has 2 aromatic carbocycles. The van der Waals surface area contributed by atoms with E-state index in [1.54, 1.807) is 38.8 Å². The van der Waals surface area contributed by atoms with Crippen molar-refractivity contribution < 1.29 is 27.5 Å². The maximum absolute atomic E-state index is 14.4. The third-order valence-corrected chi connectivity index (χ3v) is 10.6. The van der Waals surface area contributed by atoms with Gasteiger partial charge in [0, 0.05) is 46.9 Å². The monoisotopic (exact) mass is 609 g/mol. The van der Waals surface area contributed by atoms with Crippen molar-refractivity contribution in [1.29, 1.82) is 0 Å². The van der Waals surface area contributed by atoms with Crippen LogP contribution in [0.2, 0.25) is 0 Å². The smallest absolute Gasteiger partial charge is 0.321 e. The molecule has 11 nitrogen and oxygen atoms in total. The van der Waals surface area contributed by atoms with Crippen LogP contribution in [0, 0.1) is 0 Å². The maximum Gasteiger partial charge on any atom is 0.321 e. The Labute approximate surface area is 251 Å². The number of nitrogens with one attached hydrogen (secondary N) is 3. The van der Waals surface area contributed by atoms with Gasteiger partial charge in [0.1, 0.15) is 16.7 Å². The van der Waals surface area contributed by atoms with Gasteiger partial charge in [0.15, 0.2) is 9.84 Å². The van der Waals surface area contributed by atoms with E-state index in [1.165, 1.54) is 0 Å². The van der Waals surface area contributed by atoms with Gasteiger partial charge in [-0.3, -0.25) is 14.4 Å². The molecule has 2 amide bonds. The molecule has 5 rings (SSSR count). The number of fused-ring (bicyclic) bond motifs is 3. The van der Waals surface area contributed by atoms with Crippen LogP contribution in [0.3, 0.4) is 0 Å². The Kier molecular flexibility index (Phi) is 7.80. The van der Waals surface area contributed by atoms with Gasteiger partial charge < -0.3 is 31.0 Å². The second-order valence-corrected chi connectivity index (χ2v) is 14.3. The van der Waals surface area contributed by atoms with E-state index in [0.717, 1.165) is 16.5 Å². The Hall–Kier alpha value is -3.90. The largest absolute Gasteiger partial charge is 0.465 e. The molecule has 0 saturated carbocycles. The van der Waals surface area contributed by atoms with Crippen LogP contribution in [0.4, 0.5) is 5.69 Å². The number of sulfone groups is 1. The van der Waals surface area contributed by atoms with Gasteiger partial charge in [0.2, 0.25) is 5.91 Å². The number of H-pyrrole nitrogens is 1. The summed E-state index contributed by atoms with van der Waals surface area (Å²) in [6, 6.07) is 14.9. The molecule has 0 aliphatic carbocycles. The molecule has 3 aromatic rings. The molecule has 43 heavy (non-hydrogen) atoms. The number of esters is 1. The zero-order chi connectivity index (χ0) is 31.2. The normalized spacial score (nSPS) is 19.4. The highest BCUT2D eigenvalue weighted by molar-refractivity contribution is 7.92. The summed E-state index contributed by atoms with van der Waals surface area (Å²) in [7, 11) is -3.98. The molecule has 2 aliphatic heterocycles. The number of para-hydroxylation sites is 2. The quantitative estimate of drug-likeness (QED) is 0.283. The minimum atomic E-state index is -3.98. The maximum atomic E-state index is 14.4. The number of amides is 2. The van der Waals surface area contributed by atoms with Crippen LogP contribution in [0.15, 0.2) is 54.7 Å². The number of hydrogen-bond acceptors (Lipinski definition) is 8. The van der Waals surface area contributed by atoms with Crippen molar-refractivity contribution in [2.24, 2.45) is 5.73 Å². The van der Waals surface area contributed by atoms with E-state index in [4.69, 9.17) is 10.5 Å². The van der Waals surface area contributed by atoms with Gasteiger partial charge in [0.05, 0.1) is 12.1 Å². The lowest BCUT2D eigenvalue weighted by Crippen LogP contribution is -2.62. The average molecular weight is 610 g/mol. The number of benzene rings is 2. The van der Waals surface area contributed by atoms with E-state index in [2.05, 4.69) is 15.6 Å². The van der Waals surface area contributed by atoms with Gasteiger partial charge in [-0.2, -0.15) is 0 Å². The van der Waals surface area contributed by atoms with Gasteiger partial charge in [-0.05, 0) is 58.2 Å². The third kappa shape index (κ3) is 5.38. The lowest BCUT2D eigenvalue weighted by molar-refractivity contribution is -0.144. The SMILES string of the molecule is CCOC(=O)CS(=O)(=O)C1Nc2ccccc2C12CCN(C(=O)[C@](C)(NC(=O)C(C)(C)N)c1c[nH]c3ccccc13)CC2. The molecule has 1 fully saturated rings. The fraction of sp³-hybridized carbons (Fsp3) is 0.452. The van der Waals surface area contributed by atoms with Crippen LogP contribution < -0.4 is 16.4 Å². The molecule has 0 radical (unpaired) electrons. The number of aromatic amines is 1. The minimum absolute atomic E-state index is 0.0853. The number of carbonyl (C=O) groups is 3. The van der Waals surface area contributed by atoms with Gasteiger partial charge in [-0.1, -0.05) is 36.4 Å². The topological polar surface area (TPSA) is 164 Å². The summed E-state index contributed by atoms with van der Waals surface area (Å²) in [4.78, 5) is 44.7. The summed E-state index contributed by atoms with van der Waals surface area (Å²) in [5.41, 5.74) is 5.53. The fourth-order valence-electron chi connectivity index (χ4n) is 6.41. The molecular weight excluding hydrogens is 570 g/mol. The van der Waals surface area contributed by atoms with Gasteiger partial charge in [-0.25, -0.2) is 8.42 Å². The predicted octanol–water partition coefficient (Wildman–Crippen LogP) is 2.53. The molecule has 1 saturated heterocycles. The number of carbonyl (C=O) groups excluding carboxylic acids is 3. The Morgan fingerprint density at radius 3 is 2.40 bits per heavy atom. The van der Waals surface area contributed by atoms with Crippen molar-refractivity contribution >= 4 is 44.2 Å². The number of anilines is 1. The lowest BCUT2D eigenvalue weighted by Gasteiger charge is -2.45. The first-order valence-corrected chi connectivity index (χ1v) is 16.2. The highest BCUT2D eigenvalue weighted by Gasteiger charge is 2.55. The molecule has 2 aliphatic rings. The number of nitrogens with zero attached hydrogens (tertiary/aromatic N) is 1. The summed E-state index contributed by atoms with van der Waals surface area (Å²) in [6.45, 7) is 7.02. The van der Waals surface area contributed by atoms with Crippen molar-refractivity contribution in [3.63, 3.8) is 0 Å². The van der Waals surface area contributed by atoms with Crippen LogP contribution in [-0.4, -0.2) is 72.4 Å². The van der Waals surface area contributed by atoms with Crippen LogP contribution in [0.5, 0.6) is 0 Å². The van der Waals surface area contributed by atoms with Crippen LogP contribution in [0.25, 0.3) is 10.9 Å². The van der Waals surface area contributed by atoms with Crippen LogP contribution in [0.1, 0.15) is 51.7 Å². The van der Waals surface area contributed by atoms with E-state index in [0.29, 0.717) is 24.1 Å². The number of ether oxygens (including phenoxy) is 1. The van der Waals surface area contributed by atoms with Crippen molar-refractivity contribution in [3.8, 4) is 0 Å². The lowest BCUT2D eigenvalue weighted by atomic mass is 9.73. The van der Waals surface area contributed by atoms with Crippen LogP contribution >= 0.6 is 0 Å². The van der Waals surface area contributed by atoms with E-state index < -0.39 is 49.3 Å². The Morgan fingerprint density at radius 2 is 1.72 bits per heavy atom. The first-order chi connectivity index (χ1) is 20.2. The van der Waals surface area contributed by atoms with Crippen molar-refractivity contribution in [2.45, 2.75) is 62.4 Å². The van der Waals surface area contributed by atoms with E-state index in [1.807, 2.05) is 48.5 Å². The number of piperidine rings is 1. The number of aromatic nitrogens is 1. The molecule has 3 heterocycles. The summed E-state index contributed by atoms with van der Waals surface area (Å²) >= 11 is 0. The second kappa shape index (κ2) is 11.0. The highest BCUT2D eigenvalue weighted by Crippen LogP contribution is 2.50. The molecule has 12 heteroatoms. The Balaban J connectivity index is 1.48. The summed E-state index contributed by atoms with van der Waals surface area (Å²) < 4.78 is 32.2. The highest BCUT2D eigenvalue weighted by atomic mass is 32.2. The zero-order valence-electron chi connectivity index (χ0n) is 24.9. The predicted molar refractivity (Wildman–Crippen MR) is 164 cm³/mol. The average Bonchev–Trinajstić information content (AvgIpc) is 3.53. The molecule has 1 unspecified atom stereocenters. The van der Waals surface area contributed by atoms with E-state index >= 15 is 0 Å². The standard InChI is InChI=1S/C31H39N5O6S/c1-5-42-25(37)19-43(40,41)27-31(21-11-7-9-13-24(21)34-27)14-16-36(17-15-31)28(39)30(4,35-26(38)29(2,3)32)22-18-33-23-12-8-6-10-20(22)23/h6-13,18,27,33-34H,5,14-17,19,32H2,1-4H3,(H,35,38)/t27?,30-/m1/s1. The number of hydrogen-bond donors (Lipinski definition) is 4. The Bertz CT molecular complexity index is 1670. The fourth-order valence-corrected chi connectivity index (χ4v) is 8.35. The van der Waals surface area contributed by atoms with Gasteiger partial charge in [0.25, 0.3) is 5.91 Å². The molecule has 5 N–H and O–H groups in total. The molecular formula is C31H39N5O6S. The van der Waals surface area contributed by atoms with Crippen molar-refractivity contribution in [2.75, 3.05) is 30.8 Å².